The number of nitrogens with zero attached hydrogens (tertiary/aromatic N) is 1. The molecule has 0 aliphatic heterocycles. The SMILES string of the molecule is COc1cc(Cl)c(S(=O)(=O)Nc2cc(C)on2)cc1Cl. The van der Waals surface area contributed by atoms with Crippen molar-refractivity contribution in [2.45, 2.75) is 11.8 Å². The Morgan fingerprint density at radius 3 is 2.50 bits per heavy atom. The van der Waals surface area contributed by atoms with Crippen LogP contribution in [0.2, 0.25) is 10.0 Å². The zero-order valence-corrected chi connectivity index (χ0v) is 12.8. The molecule has 0 saturated carbocycles. The minimum absolute atomic E-state index is 0.0148. The first-order valence-electron chi connectivity index (χ1n) is 5.32. The molecule has 0 aliphatic rings. The van der Waals surface area contributed by atoms with Crippen LogP contribution >= 0.6 is 23.2 Å². The number of benzene rings is 1. The Morgan fingerprint density at radius 2 is 1.95 bits per heavy atom. The highest BCUT2D eigenvalue weighted by molar-refractivity contribution is 7.92. The number of ether oxygens (including phenoxy) is 1. The van der Waals surface area contributed by atoms with Crippen LogP contribution in [0.3, 0.4) is 0 Å². The number of nitrogens with one attached hydrogen (secondary N) is 1. The number of halogens is 2. The molecule has 0 aliphatic carbocycles. The van der Waals surface area contributed by atoms with E-state index in [9.17, 15) is 8.42 Å². The van der Waals surface area contributed by atoms with E-state index in [1.165, 1.54) is 25.3 Å². The fraction of sp³-hybridized carbons (Fsp3) is 0.182. The van der Waals surface area contributed by atoms with Crippen LogP contribution in [0.4, 0.5) is 5.82 Å². The monoisotopic (exact) mass is 336 g/mol. The number of anilines is 1. The van der Waals surface area contributed by atoms with Gasteiger partial charge in [0.2, 0.25) is 0 Å². The molecular weight excluding hydrogens is 327 g/mol. The summed E-state index contributed by atoms with van der Waals surface area (Å²) in [5, 5.41) is 3.66. The van der Waals surface area contributed by atoms with Gasteiger partial charge in [0.15, 0.2) is 5.82 Å². The van der Waals surface area contributed by atoms with Gasteiger partial charge in [-0.25, -0.2) is 8.42 Å². The summed E-state index contributed by atoms with van der Waals surface area (Å²) in [6.07, 6.45) is 0. The van der Waals surface area contributed by atoms with Gasteiger partial charge in [-0.1, -0.05) is 28.4 Å². The maximum absolute atomic E-state index is 12.2. The molecule has 0 spiro atoms. The van der Waals surface area contributed by atoms with Gasteiger partial charge in [-0.3, -0.25) is 4.72 Å². The minimum Gasteiger partial charge on any atom is -0.495 e. The van der Waals surface area contributed by atoms with Crippen LogP contribution in [0.1, 0.15) is 5.76 Å². The van der Waals surface area contributed by atoms with Gasteiger partial charge in [-0.15, -0.1) is 0 Å². The predicted octanol–water partition coefficient (Wildman–Crippen LogP) is 3.10. The molecule has 20 heavy (non-hydrogen) atoms. The second-order valence-corrected chi connectivity index (χ2v) is 6.31. The van der Waals surface area contributed by atoms with Crippen LogP contribution in [0, 0.1) is 6.92 Å². The standard InChI is InChI=1S/C11H10Cl2N2O4S/c1-6-3-11(14-19-6)15-20(16,17)10-5-7(12)9(18-2)4-8(10)13/h3-5H,1-2H3,(H,14,15). The second-order valence-electron chi connectivity index (χ2n) is 3.85. The van der Waals surface area contributed by atoms with Crippen molar-refractivity contribution < 1.29 is 17.7 Å². The van der Waals surface area contributed by atoms with Gasteiger partial charge in [0.25, 0.3) is 10.0 Å². The number of aromatic nitrogens is 1. The Kier molecular flexibility index (Phi) is 4.12. The smallest absolute Gasteiger partial charge is 0.264 e. The number of methoxy groups -OCH3 is 1. The summed E-state index contributed by atoms with van der Waals surface area (Å²) in [5.74, 6) is 0.819. The van der Waals surface area contributed by atoms with Gasteiger partial charge in [-0.05, 0) is 13.0 Å². The summed E-state index contributed by atoms with van der Waals surface area (Å²) in [6, 6.07) is 3.97. The number of rotatable bonds is 4. The molecule has 0 fully saturated rings. The summed E-state index contributed by atoms with van der Waals surface area (Å²) in [6.45, 7) is 1.64. The van der Waals surface area contributed by atoms with E-state index in [-0.39, 0.29) is 26.5 Å². The lowest BCUT2D eigenvalue weighted by Crippen LogP contribution is -2.13. The van der Waals surface area contributed by atoms with Crippen molar-refractivity contribution in [1.82, 2.24) is 5.16 Å². The zero-order chi connectivity index (χ0) is 14.9. The maximum atomic E-state index is 12.2. The number of hydrogen-bond donors (Lipinski definition) is 1. The summed E-state index contributed by atoms with van der Waals surface area (Å²) in [5.41, 5.74) is 0. The fourth-order valence-electron chi connectivity index (χ4n) is 1.48. The van der Waals surface area contributed by atoms with E-state index < -0.39 is 10.0 Å². The normalized spacial score (nSPS) is 11.4. The van der Waals surface area contributed by atoms with Crippen LogP contribution in [-0.4, -0.2) is 20.7 Å². The topological polar surface area (TPSA) is 81.4 Å². The van der Waals surface area contributed by atoms with Crippen molar-refractivity contribution in [2.75, 3.05) is 11.8 Å². The number of aryl methyl sites for hydroxylation is 1. The van der Waals surface area contributed by atoms with Gasteiger partial charge in [0, 0.05) is 12.1 Å². The molecule has 2 aromatic rings. The summed E-state index contributed by atoms with van der Waals surface area (Å²) < 4.78 is 36.4. The Morgan fingerprint density at radius 1 is 1.25 bits per heavy atom. The maximum Gasteiger partial charge on any atom is 0.264 e. The van der Waals surface area contributed by atoms with Crippen LogP contribution in [0.5, 0.6) is 5.75 Å². The molecule has 1 heterocycles. The third-order valence-corrected chi connectivity index (χ3v) is 4.48. The van der Waals surface area contributed by atoms with Crippen molar-refractivity contribution in [2.24, 2.45) is 0 Å². The highest BCUT2D eigenvalue weighted by Crippen LogP contribution is 2.34. The van der Waals surface area contributed by atoms with E-state index in [0.29, 0.717) is 5.76 Å². The first kappa shape index (κ1) is 15.0. The Labute approximate surface area is 125 Å². The number of hydrogen-bond acceptors (Lipinski definition) is 5. The zero-order valence-electron chi connectivity index (χ0n) is 10.5. The summed E-state index contributed by atoms with van der Waals surface area (Å²) in [7, 11) is -2.52. The highest BCUT2D eigenvalue weighted by Gasteiger charge is 2.22. The quantitative estimate of drug-likeness (QED) is 0.927. The van der Waals surface area contributed by atoms with Crippen LogP contribution in [0.25, 0.3) is 0 Å². The van der Waals surface area contributed by atoms with E-state index in [1.807, 2.05) is 0 Å². The summed E-state index contributed by atoms with van der Waals surface area (Å²) in [4.78, 5) is -0.175. The van der Waals surface area contributed by atoms with Crippen molar-refractivity contribution in [3.8, 4) is 5.75 Å². The second kappa shape index (κ2) is 5.51. The van der Waals surface area contributed by atoms with Gasteiger partial charge in [0.05, 0.1) is 17.2 Å². The molecule has 0 atom stereocenters. The molecular formula is C11H10Cl2N2O4S. The van der Waals surface area contributed by atoms with Crippen molar-refractivity contribution >= 4 is 39.0 Å². The molecule has 0 bridgehead atoms. The van der Waals surface area contributed by atoms with Gasteiger partial charge >= 0.3 is 0 Å². The molecule has 1 aromatic heterocycles. The molecule has 1 N–H and O–H groups in total. The van der Waals surface area contributed by atoms with Crippen molar-refractivity contribution in [3.05, 3.63) is 34.0 Å². The molecule has 9 heteroatoms. The predicted molar refractivity (Wildman–Crippen MR) is 75.1 cm³/mol. The molecule has 1 aromatic carbocycles. The Hall–Kier alpha value is -1.44. The van der Waals surface area contributed by atoms with Crippen molar-refractivity contribution in [3.63, 3.8) is 0 Å². The van der Waals surface area contributed by atoms with Gasteiger partial charge in [0.1, 0.15) is 16.4 Å². The Balaban J connectivity index is 2.41. The third kappa shape index (κ3) is 3.00. The molecule has 0 radical (unpaired) electrons. The summed E-state index contributed by atoms with van der Waals surface area (Å²) >= 11 is 11.8. The lowest BCUT2D eigenvalue weighted by Gasteiger charge is -2.10. The lowest BCUT2D eigenvalue weighted by molar-refractivity contribution is 0.400. The molecule has 2 rings (SSSR count). The first-order valence-corrected chi connectivity index (χ1v) is 7.56. The van der Waals surface area contributed by atoms with Gasteiger partial charge < -0.3 is 9.26 Å². The third-order valence-electron chi connectivity index (χ3n) is 2.36. The average molecular weight is 337 g/mol. The molecule has 108 valence electrons. The molecule has 0 saturated heterocycles. The van der Waals surface area contributed by atoms with E-state index in [1.54, 1.807) is 6.92 Å². The minimum atomic E-state index is -3.92. The molecule has 6 nitrogen and oxygen atoms in total. The van der Waals surface area contributed by atoms with Gasteiger partial charge in [-0.2, -0.15) is 0 Å². The van der Waals surface area contributed by atoms with E-state index >= 15 is 0 Å². The largest absolute Gasteiger partial charge is 0.495 e. The molecule has 0 unspecified atom stereocenters. The fourth-order valence-corrected chi connectivity index (χ4v) is 3.31. The van der Waals surface area contributed by atoms with E-state index in [0.717, 1.165) is 0 Å². The average Bonchev–Trinajstić information content (AvgIpc) is 2.76. The van der Waals surface area contributed by atoms with Crippen LogP contribution < -0.4 is 9.46 Å². The van der Waals surface area contributed by atoms with Crippen LogP contribution in [0.15, 0.2) is 27.6 Å². The first-order chi connectivity index (χ1) is 9.33. The highest BCUT2D eigenvalue weighted by atomic mass is 35.5. The Bertz CT molecular complexity index is 743. The van der Waals surface area contributed by atoms with E-state index in [4.69, 9.17) is 32.5 Å². The van der Waals surface area contributed by atoms with E-state index in [2.05, 4.69) is 9.88 Å². The van der Waals surface area contributed by atoms with Crippen molar-refractivity contribution in [1.29, 1.82) is 0 Å². The lowest BCUT2D eigenvalue weighted by atomic mass is 10.3. The molecule has 0 amide bonds. The van der Waals surface area contributed by atoms with Crippen LogP contribution in [-0.2, 0) is 10.0 Å². The number of sulfonamides is 1.